The van der Waals surface area contributed by atoms with Gasteiger partial charge in [-0.3, -0.25) is 0 Å². The molecule has 1 fully saturated rings. The first-order valence-corrected chi connectivity index (χ1v) is 13.7. The van der Waals surface area contributed by atoms with Crippen molar-refractivity contribution in [2.45, 2.75) is 122 Å². The quantitative estimate of drug-likeness (QED) is 0.260. The first kappa shape index (κ1) is 27.0. The van der Waals surface area contributed by atoms with Crippen LogP contribution in [0.15, 0.2) is 48.5 Å². The third kappa shape index (κ3) is 5.79. The Bertz CT molecular complexity index is 828. The Kier molecular flexibility index (Phi) is 9.46. The van der Waals surface area contributed by atoms with E-state index in [-0.39, 0.29) is 16.6 Å². The highest BCUT2D eigenvalue weighted by atomic mass is 16.7. The number of hydrogen-bond acceptors (Lipinski definition) is 2. The van der Waals surface area contributed by atoms with Crippen LogP contribution in [-0.4, -0.2) is 18.9 Å². The molecule has 185 valence electrons. The van der Waals surface area contributed by atoms with E-state index in [1.165, 1.54) is 83.0 Å². The van der Waals surface area contributed by atoms with Gasteiger partial charge in [-0.25, -0.2) is 0 Å². The second-order valence-corrected chi connectivity index (χ2v) is 11.1. The maximum absolute atomic E-state index is 5.21. The second kappa shape index (κ2) is 11.9. The zero-order chi connectivity index (χ0) is 24.7. The van der Waals surface area contributed by atoms with Gasteiger partial charge in [0.15, 0.2) is 0 Å². The van der Waals surface area contributed by atoms with Gasteiger partial charge in [-0.2, -0.15) is 0 Å². The standard InChI is InChI=1S/C25H34.C6H12BO2/c1-3-5-7-13-19-25(20-14-8-6-4-2)23-17-11-9-15-21(23)22-16-10-12-18-24(22)25;1-5(2)6(3,4)9-7-8-5/h9-12,15-18H,3-8,13-14,19-20H2,1-2H3;1-4H3. The predicted molar refractivity (Wildman–Crippen MR) is 146 cm³/mol. The molecule has 0 atom stereocenters. The molecule has 3 heteroatoms. The number of fused-ring (bicyclic) bond motifs is 3. The molecule has 1 saturated heterocycles. The first-order chi connectivity index (χ1) is 16.3. The topological polar surface area (TPSA) is 18.5 Å². The van der Waals surface area contributed by atoms with Crippen molar-refractivity contribution in [2.75, 3.05) is 0 Å². The number of benzene rings is 2. The average molecular weight is 462 g/mol. The summed E-state index contributed by atoms with van der Waals surface area (Å²) in [7, 11) is 1.42. The third-order valence-corrected chi connectivity index (χ3v) is 8.23. The molecule has 0 unspecified atom stereocenters. The molecule has 0 spiro atoms. The lowest BCUT2D eigenvalue weighted by Crippen LogP contribution is -2.41. The smallest absolute Gasteiger partial charge is 0.405 e. The molecule has 1 radical (unpaired) electrons. The summed E-state index contributed by atoms with van der Waals surface area (Å²) in [5.74, 6) is 0. The van der Waals surface area contributed by atoms with Crippen molar-refractivity contribution in [3.8, 4) is 11.1 Å². The van der Waals surface area contributed by atoms with Gasteiger partial charge in [0.05, 0.1) is 11.2 Å². The van der Waals surface area contributed by atoms with E-state index in [1.54, 1.807) is 11.1 Å². The van der Waals surface area contributed by atoms with Crippen LogP contribution in [0.4, 0.5) is 0 Å². The van der Waals surface area contributed by atoms with Crippen LogP contribution in [0.2, 0.25) is 0 Å². The molecule has 1 aliphatic heterocycles. The van der Waals surface area contributed by atoms with Crippen molar-refractivity contribution in [3.63, 3.8) is 0 Å². The number of hydrogen-bond donors (Lipinski definition) is 0. The number of unbranched alkanes of at least 4 members (excludes halogenated alkanes) is 6. The molecule has 2 aliphatic rings. The van der Waals surface area contributed by atoms with Crippen LogP contribution in [0.5, 0.6) is 0 Å². The zero-order valence-corrected chi connectivity index (χ0v) is 22.6. The van der Waals surface area contributed by atoms with Crippen molar-refractivity contribution in [1.29, 1.82) is 0 Å². The molecule has 2 nitrogen and oxygen atoms in total. The van der Waals surface area contributed by atoms with E-state index in [0.29, 0.717) is 0 Å². The Morgan fingerprint density at radius 2 is 1.00 bits per heavy atom. The van der Waals surface area contributed by atoms with Gasteiger partial charge < -0.3 is 9.31 Å². The van der Waals surface area contributed by atoms with Crippen LogP contribution in [0.3, 0.4) is 0 Å². The Morgan fingerprint density at radius 1 is 0.588 bits per heavy atom. The van der Waals surface area contributed by atoms with Gasteiger partial charge in [0.2, 0.25) is 0 Å². The lowest BCUT2D eigenvalue weighted by molar-refractivity contribution is 0.00578. The Labute approximate surface area is 210 Å². The molecule has 4 rings (SSSR count). The molecule has 2 aromatic carbocycles. The lowest BCUT2D eigenvalue weighted by Gasteiger charge is -2.33. The zero-order valence-electron chi connectivity index (χ0n) is 22.6. The van der Waals surface area contributed by atoms with E-state index < -0.39 is 0 Å². The first-order valence-electron chi connectivity index (χ1n) is 13.7. The fourth-order valence-electron chi connectivity index (χ4n) is 5.33. The van der Waals surface area contributed by atoms with E-state index in [4.69, 9.17) is 9.31 Å². The summed E-state index contributed by atoms with van der Waals surface area (Å²) >= 11 is 0. The highest BCUT2D eigenvalue weighted by Crippen LogP contribution is 2.53. The van der Waals surface area contributed by atoms with E-state index in [9.17, 15) is 0 Å². The van der Waals surface area contributed by atoms with Crippen LogP contribution in [0, 0.1) is 0 Å². The summed E-state index contributed by atoms with van der Waals surface area (Å²) in [6, 6.07) is 18.4. The molecular weight excluding hydrogens is 415 g/mol. The van der Waals surface area contributed by atoms with Gasteiger partial charge in [-0.1, -0.05) is 114 Å². The van der Waals surface area contributed by atoms with Crippen molar-refractivity contribution in [1.82, 2.24) is 0 Å². The third-order valence-electron chi connectivity index (χ3n) is 8.23. The van der Waals surface area contributed by atoms with Gasteiger partial charge >= 0.3 is 7.69 Å². The van der Waals surface area contributed by atoms with Crippen LogP contribution in [0.25, 0.3) is 11.1 Å². The van der Waals surface area contributed by atoms with Gasteiger partial charge in [0.25, 0.3) is 0 Å². The highest BCUT2D eigenvalue weighted by molar-refractivity contribution is 6.19. The number of rotatable bonds is 10. The minimum Gasteiger partial charge on any atom is -0.405 e. The summed E-state index contributed by atoms with van der Waals surface area (Å²) in [5, 5.41) is 0. The Hall–Kier alpha value is -1.58. The van der Waals surface area contributed by atoms with Gasteiger partial charge in [0.1, 0.15) is 0 Å². The molecule has 0 aromatic heterocycles. The molecule has 0 N–H and O–H groups in total. The van der Waals surface area contributed by atoms with Crippen LogP contribution >= 0.6 is 0 Å². The van der Waals surface area contributed by atoms with Crippen molar-refractivity contribution < 1.29 is 9.31 Å². The second-order valence-electron chi connectivity index (χ2n) is 11.1. The molecular formula is C31H46BO2. The fourth-order valence-corrected chi connectivity index (χ4v) is 5.33. The maximum atomic E-state index is 5.21. The van der Waals surface area contributed by atoms with E-state index in [1.807, 2.05) is 27.7 Å². The largest absolute Gasteiger partial charge is 0.488 e. The summed E-state index contributed by atoms with van der Waals surface area (Å²) in [4.78, 5) is 0. The molecule has 0 saturated carbocycles. The summed E-state index contributed by atoms with van der Waals surface area (Å²) in [5.41, 5.74) is 6.07. The SMILES string of the molecule is CC1(C)O[B]OC1(C)C.CCCCCCC1(CCCCCC)c2ccccc2-c2ccccc21. The molecule has 1 heterocycles. The van der Waals surface area contributed by atoms with E-state index in [0.717, 1.165) is 0 Å². The molecule has 34 heavy (non-hydrogen) atoms. The highest BCUT2D eigenvalue weighted by Gasteiger charge is 2.44. The summed E-state index contributed by atoms with van der Waals surface area (Å²) in [6.45, 7) is 12.7. The van der Waals surface area contributed by atoms with Gasteiger partial charge in [-0.15, -0.1) is 0 Å². The minimum absolute atomic E-state index is 0.187. The summed E-state index contributed by atoms with van der Waals surface area (Å²) < 4.78 is 10.4. The fraction of sp³-hybridized carbons (Fsp3) is 0.613. The van der Waals surface area contributed by atoms with Crippen LogP contribution in [0.1, 0.15) is 117 Å². The minimum atomic E-state index is -0.188. The van der Waals surface area contributed by atoms with Crippen LogP contribution < -0.4 is 0 Å². The Morgan fingerprint density at radius 3 is 1.35 bits per heavy atom. The molecule has 1 aliphatic carbocycles. The van der Waals surface area contributed by atoms with Crippen molar-refractivity contribution >= 4 is 7.69 Å². The predicted octanol–water partition coefficient (Wildman–Crippen LogP) is 9.02. The van der Waals surface area contributed by atoms with Gasteiger partial charge in [0, 0.05) is 5.41 Å². The van der Waals surface area contributed by atoms with E-state index >= 15 is 0 Å². The lowest BCUT2D eigenvalue weighted by atomic mass is 9.70. The van der Waals surface area contributed by atoms with E-state index in [2.05, 4.69) is 62.4 Å². The molecule has 0 amide bonds. The van der Waals surface area contributed by atoms with Crippen LogP contribution in [-0.2, 0) is 14.7 Å². The average Bonchev–Trinajstić information content (AvgIpc) is 3.24. The molecule has 0 bridgehead atoms. The monoisotopic (exact) mass is 461 g/mol. The normalized spacial score (nSPS) is 18.4. The van der Waals surface area contributed by atoms with Crippen molar-refractivity contribution in [2.24, 2.45) is 0 Å². The summed E-state index contributed by atoms with van der Waals surface area (Å²) in [6.07, 6.45) is 13.4. The maximum Gasteiger partial charge on any atom is 0.488 e. The molecule has 2 aromatic rings. The van der Waals surface area contributed by atoms with Gasteiger partial charge in [-0.05, 0) is 62.8 Å². The van der Waals surface area contributed by atoms with Crippen molar-refractivity contribution in [3.05, 3.63) is 59.7 Å². The Balaban J connectivity index is 0.000000302.